The largest absolute Gasteiger partial charge is 0.304 e. The zero-order valence-electron chi connectivity index (χ0n) is 11.8. The molecule has 1 heterocycles. The summed E-state index contributed by atoms with van der Waals surface area (Å²) in [5.41, 5.74) is 0. The van der Waals surface area contributed by atoms with Crippen molar-refractivity contribution in [2.24, 2.45) is 0 Å². The summed E-state index contributed by atoms with van der Waals surface area (Å²) >= 11 is 0. The molecule has 1 atom stereocenters. The quantitative estimate of drug-likeness (QED) is 0.727. The lowest BCUT2D eigenvalue weighted by Gasteiger charge is -2.29. The van der Waals surface area contributed by atoms with Crippen LogP contribution >= 0.6 is 0 Å². The molecule has 1 N–H and O–H groups in total. The molecule has 7 heteroatoms. The standard InChI is InChI=1S/C13H22N2O4S/c1-20(18,19)8-7-14-11-9-12(16)15(13(11)17)10-5-3-2-4-6-10/h10-11,14H,2-9H2,1H3. The van der Waals surface area contributed by atoms with E-state index < -0.39 is 15.9 Å². The van der Waals surface area contributed by atoms with Crippen LogP contribution in [0.25, 0.3) is 0 Å². The van der Waals surface area contributed by atoms with Crippen LogP contribution in [-0.4, -0.2) is 55.8 Å². The Hall–Kier alpha value is -0.950. The van der Waals surface area contributed by atoms with Gasteiger partial charge in [0.2, 0.25) is 11.8 Å². The highest BCUT2D eigenvalue weighted by Crippen LogP contribution is 2.27. The van der Waals surface area contributed by atoms with Gasteiger partial charge in [0, 0.05) is 18.8 Å². The highest BCUT2D eigenvalue weighted by atomic mass is 32.2. The lowest BCUT2D eigenvalue weighted by Crippen LogP contribution is -2.45. The summed E-state index contributed by atoms with van der Waals surface area (Å²) in [5.74, 6) is -0.330. The summed E-state index contributed by atoms with van der Waals surface area (Å²) < 4.78 is 22.1. The molecule has 0 bridgehead atoms. The van der Waals surface area contributed by atoms with Gasteiger partial charge in [-0.3, -0.25) is 14.5 Å². The number of carbonyl (C=O) groups is 2. The van der Waals surface area contributed by atoms with Crippen LogP contribution in [-0.2, 0) is 19.4 Å². The first-order chi connectivity index (χ1) is 9.38. The molecule has 0 radical (unpaired) electrons. The number of sulfone groups is 1. The van der Waals surface area contributed by atoms with Gasteiger partial charge in [-0.15, -0.1) is 0 Å². The predicted octanol–water partition coefficient (Wildman–Crippen LogP) is 0.0808. The van der Waals surface area contributed by atoms with E-state index in [9.17, 15) is 18.0 Å². The Morgan fingerprint density at radius 3 is 2.45 bits per heavy atom. The second-order valence-electron chi connectivity index (χ2n) is 5.73. The van der Waals surface area contributed by atoms with E-state index in [2.05, 4.69) is 5.32 Å². The molecule has 2 rings (SSSR count). The molecule has 1 unspecified atom stereocenters. The highest BCUT2D eigenvalue weighted by molar-refractivity contribution is 7.90. The molecule has 1 aliphatic heterocycles. The third kappa shape index (κ3) is 3.79. The van der Waals surface area contributed by atoms with E-state index in [1.54, 1.807) is 0 Å². The summed E-state index contributed by atoms with van der Waals surface area (Å²) in [6, 6.07) is -0.503. The van der Waals surface area contributed by atoms with Gasteiger partial charge in [-0.2, -0.15) is 0 Å². The van der Waals surface area contributed by atoms with E-state index in [1.807, 2.05) is 0 Å². The molecule has 0 aromatic carbocycles. The molecule has 20 heavy (non-hydrogen) atoms. The molecule has 0 aromatic rings. The molecule has 6 nitrogen and oxygen atoms in total. The average Bonchev–Trinajstić information content (AvgIpc) is 2.64. The maximum absolute atomic E-state index is 12.3. The van der Waals surface area contributed by atoms with Crippen LogP contribution in [0.3, 0.4) is 0 Å². The molecule has 1 saturated carbocycles. The molecule has 2 aliphatic rings. The Bertz CT molecular complexity index is 483. The number of carbonyl (C=O) groups excluding carboxylic acids is 2. The number of amides is 2. The summed E-state index contributed by atoms with van der Waals surface area (Å²) in [5, 5.41) is 2.90. The number of nitrogens with one attached hydrogen (secondary N) is 1. The van der Waals surface area contributed by atoms with Crippen molar-refractivity contribution in [2.45, 2.75) is 50.6 Å². The van der Waals surface area contributed by atoms with Gasteiger partial charge in [0.15, 0.2) is 0 Å². The van der Waals surface area contributed by atoms with Crippen LogP contribution in [0.15, 0.2) is 0 Å². The van der Waals surface area contributed by atoms with Crippen molar-refractivity contribution in [3.05, 3.63) is 0 Å². The van der Waals surface area contributed by atoms with Crippen molar-refractivity contribution in [1.82, 2.24) is 10.2 Å². The number of rotatable bonds is 5. The molecule has 2 amide bonds. The van der Waals surface area contributed by atoms with Gasteiger partial charge in [0.1, 0.15) is 9.84 Å². The van der Waals surface area contributed by atoms with Gasteiger partial charge >= 0.3 is 0 Å². The van der Waals surface area contributed by atoms with E-state index in [0.29, 0.717) is 0 Å². The van der Waals surface area contributed by atoms with Crippen LogP contribution in [0.2, 0.25) is 0 Å². The Kier molecular flexibility index (Phi) is 4.80. The third-order valence-corrected chi connectivity index (χ3v) is 4.93. The van der Waals surface area contributed by atoms with Crippen LogP contribution in [0, 0.1) is 0 Å². The minimum Gasteiger partial charge on any atom is -0.304 e. The van der Waals surface area contributed by atoms with Crippen LogP contribution in [0.4, 0.5) is 0 Å². The molecule has 114 valence electrons. The smallest absolute Gasteiger partial charge is 0.247 e. The molecular weight excluding hydrogens is 280 g/mol. The Labute approximate surface area is 119 Å². The Morgan fingerprint density at radius 2 is 1.85 bits per heavy atom. The first-order valence-corrected chi connectivity index (χ1v) is 9.21. The highest BCUT2D eigenvalue weighted by Gasteiger charge is 2.42. The van der Waals surface area contributed by atoms with Crippen molar-refractivity contribution in [3.8, 4) is 0 Å². The van der Waals surface area contributed by atoms with E-state index in [1.165, 1.54) is 11.3 Å². The van der Waals surface area contributed by atoms with Gasteiger partial charge < -0.3 is 5.32 Å². The Morgan fingerprint density at radius 1 is 1.20 bits per heavy atom. The van der Waals surface area contributed by atoms with Crippen molar-refractivity contribution in [1.29, 1.82) is 0 Å². The van der Waals surface area contributed by atoms with E-state index >= 15 is 0 Å². The Balaban J connectivity index is 1.91. The first-order valence-electron chi connectivity index (χ1n) is 7.15. The molecule has 0 spiro atoms. The van der Waals surface area contributed by atoms with Crippen LogP contribution < -0.4 is 5.32 Å². The second-order valence-corrected chi connectivity index (χ2v) is 7.99. The van der Waals surface area contributed by atoms with Gasteiger partial charge in [-0.1, -0.05) is 19.3 Å². The van der Waals surface area contributed by atoms with Crippen LogP contribution in [0.1, 0.15) is 38.5 Å². The summed E-state index contributed by atoms with van der Waals surface area (Å²) in [6.07, 6.45) is 6.40. The summed E-state index contributed by atoms with van der Waals surface area (Å²) in [7, 11) is -3.05. The minimum absolute atomic E-state index is 0.0194. The number of imide groups is 1. The maximum atomic E-state index is 12.3. The average molecular weight is 302 g/mol. The van der Waals surface area contributed by atoms with Crippen molar-refractivity contribution in [3.63, 3.8) is 0 Å². The third-order valence-electron chi connectivity index (χ3n) is 3.99. The van der Waals surface area contributed by atoms with Crippen molar-refractivity contribution in [2.75, 3.05) is 18.6 Å². The van der Waals surface area contributed by atoms with Gasteiger partial charge in [0.05, 0.1) is 18.2 Å². The molecule has 1 aliphatic carbocycles. The van der Waals surface area contributed by atoms with Crippen molar-refractivity contribution < 1.29 is 18.0 Å². The summed E-state index contributed by atoms with van der Waals surface area (Å²) in [6.45, 7) is 0.209. The molecule has 2 fully saturated rings. The monoisotopic (exact) mass is 302 g/mol. The van der Waals surface area contributed by atoms with Crippen molar-refractivity contribution >= 4 is 21.7 Å². The van der Waals surface area contributed by atoms with E-state index in [-0.39, 0.29) is 36.6 Å². The van der Waals surface area contributed by atoms with Crippen LogP contribution in [0.5, 0.6) is 0 Å². The maximum Gasteiger partial charge on any atom is 0.247 e. The SMILES string of the molecule is CS(=O)(=O)CCNC1CC(=O)N(C2CCCCC2)C1=O. The van der Waals surface area contributed by atoms with Gasteiger partial charge in [0.25, 0.3) is 0 Å². The van der Waals surface area contributed by atoms with Gasteiger partial charge in [-0.05, 0) is 12.8 Å². The lowest BCUT2D eigenvalue weighted by atomic mass is 9.94. The number of nitrogens with zero attached hydrogens (tertiary/aromatic N) is 1. The number of hydrogen-bond acceptors (Lipinski definition) is 5. The summed E-state index contributed by atoms with van der Waals surface area (Å²) in [4.78, 5) is 25.7. The zero-order chi connectivity index (χ0) is 14.8. The molecular formula is C13H22N2O4S. The predicted molar refractivity (Wildman–Crippen MR) is 74.8 cm³/mol. The minimum atomic E-state index is -3.05. The zero-order valence-corrected chi connectivity index (χ0v) is 12.6. The van der Waals surface area contributed by atoms with E-state index in [0.717, 1.165) is 31.9 Å². The number of hydrogen-bond donors (Lipinski definition) is 1. The van der Waals surface area contributed by atoms with Gasteiger partial charge in [-0.25, -0.2) is 8.42 Å². The topological polar surface area (TPSA) is 83.6 Å². The van der Waals surface area contributed by atoms with E-state index in [4.69, 9.17) is 0 Å². The fraction of sp³-hybridized carbons (Fsp3) is 0.846. The fourth-order valence-electron chi connectivity index (χ4n) is 2.95. The fourth-order valence-corrected chi connectivity index (χ4v) is 3.44. The lowest BCUT2D eigenvalue weighted by molar-refractivity contribution is -0.142. The first kappa shape index (κ1) is 15.4. The normalized spacial score (nSPS) is 25.4. The molecule has 1 saturated heterocycles. The number of likely N-dealkylation sites (tertiary alicyclic amines) is 1. The molecule has 0 aromatic heterocycles. The second kappa shape index (κ2) is 6.22.